The number of halogens is 1. The molecular formula is C26H24FN5O. The Labute approximate surface area is 191 Å². The Hall–Kier alpha value is -4.10. The number of rotatable bonds is 8. The summed E-state index contributed by atoms with van der Waals surface area (Å²) in [5, 5.41) is 3.29. The predicted octanol–water partition coefficient (Wildman–Crippen LogP) is 3.84. The van der Waals surface area contributed by atoms with Crippen LogP contribution in [0.4, 0.5) is 10.2 Å². The number of hydrogen-bond acceptors (Lipinski definition) is 5. The van der Waals surface area contributed by atoms with Gasteiger partial charge in [-0.2, -0.15) is 0 Å². The molecule has 0 aliphatic rings. The third-order valence-electron chi connectivity index (χ3n) is 5.27. The van der Waals surface area contributed by atoms with E-state index in [9.17, 15) is 9.18 Å². The average molecular weight is 442 g/mol. The summed E-state index contributed by atoms with van der Waals surface area (Å²) in [5.41, 5.74) is 16.0. The Morgan fingerprint density at radius 3 is 2.45 bits per heavy atom. The summed E-state index contributed by atoms with van der Waals surface area (Å²) < 4.78 is 14.6. The average Bonchev–Trinajstić information content (AvgIpc) is 2.82. The van der Waals surface area contributed by atoms with Crippen LogP contribution >= 0.6 is 0 Å². The maximum absolute atomic E-state index is 14.6. The highest BCUT2D eigenvalue weighted by Crippen LogP contribution is 2.22. The fourth-order valence-corrected chi connectivity index (χ4v) is 3.60. The summed E-state index contributed by atoms with van der Waals surface area (Å²) in [6.07, 6.45) is 2.02. The molecule has 1 heterocycles. The van der Waals surface area contributed by atoms with E-state index in [0.717, 1.165) is 22.3 Å². The molecule has 4 aromatic rings. The van der Waals surface area contributed by atoms with Gasteiger partial charge in [-0.15, -0.1) is 0 Å². The summed E-state index contributed by atoms with van der Waals surface area (Å²) in [6.45, 7) is 0.990. The minimum atomic E-state index is -0.705. The van der Waals surface area contributed by atoms with Crippen LogP contribution in [-0.4, -0.2) is 15.9 Å². The molecule has 0 spiro atoms. The third kappa shape index (κ3) is 5.58. The fourth-order valence-electron chi connectivity index (χ4n) is 3.60. The molecule has 1 aromatic heterocycles. The summed E-state index contributed by atoms with van der Waals surface area (Å²) >= 11 is 0. The molecule has 0 saturated heterocycles. The van der Waals surface area contributed by atoms with Gasteiger partial charge in [0.2, 0.25) is 0 Å². The molecule has 4 rings (SSSR count). The molecule has 166 valence electrons. The molecule has 33 heavy (non-hydrogen) atoms. The van der Waals surface area contributed by atoms with Gasteiger partial charge in [-0.3, -0.25) is 4.79 Å². The van der Waals surface area contributed by atoms with Crippen molar-refractivity contribution in [3.05, 3.63) is 113 Å². The van der Waals surface area contributed by atoms with E-state index in [0.29, 0.717) is 30.8 Å². The zero-order chi connectivity index (χ0) is 23.2. The summed E-state index contributed by atoms with van der Waals surface area (Å²) in [6, 6.07) is 23.0. The third-order valence-corrected chi connectivity index (χ3v) is 5.27. The van der Waals surface area contributed by atoms with E-state index in [1.807, 2.05) is 66.7 Å². The molecule has 0 saturated carbocycles. The molecule has 0 unspecified atom stereocenters. The van der Waals surface area contributed by atoms with Crippen LogP contribution in [0.3, 0.4) is 0 Å². The fraction of sp³-hybridized carbons (Fsp3) is 0.115. The van der Waals surface area contributed by atoms with E-state index >= 15 is 0 Å². The normalized spacial score (nSPS) is 10.8. The maximum atomic E-state index is 14.6. The zero-order valence-electron chi connectivity index (χ0n) is 18.0. The molecule has 0 aliphatic heterocycles. The van der Waals surface area contributed by atoms with E-state index < -0.39 is 5.91 Å². The van der Waals surface area contributed by atoms with Crippen molar-refractivity contribution in [1.29, 1.82) is 0 Å². The Bertz CT molecular complexity index is 1280. The minimum absolute atomic E-state index is 0.0215. The molecule has 7 heteroatoms. The summed E-state index contributed by atoms with van der Waals surface area (Å²) in [4.78, 5) is 19.7. The van der Waals surface area contributed by atoms with E-state index in [1.165, 1.54) is 6.20 Å². The lowest BCUT2D eigenvalue weighted by Crippen LogP contribution is -2.17. The van der Waals surface area contributed by atoms with Crippen LogP contribution in [0.5, 0.6) is 0 Å². The highest BCUT2D eigenvalue weighted by molar-refractivity contribution is 5.94. The van der Waals surface area contributed by atoms with Gasteiger partial charge in [0.05, 0.1) is 11.9 Å². The van der Waals surface area contributed by atoms with Gasteiger partial charge >= 0.3 is 0 Å². The lowest BCUT2D eigenvalue weighted by molar-refractivity contribution is 0.0996. The van der Waals surface area contributed by atoms with E-state index in [2.05, 4.69) is 15.3 Å². The number of aromatic nitrogens is 2. The molecule has 0 atom stereocenters. The highest BCUT2D eigenvalue weighted by Gasteiger charge is 2.11. The number of primary amides is 1. The van der Waals surface area contributed by atoms with Crippen molar-refractivity contribution in [3.63, 3.8) is 0 Å². The predicted molar refractivity (Wildman–Crippen MR) is 127 cm³/mol. The Morgan fingerprint density at radius 2 is 1.70 bits per heavy atom. The Balaban J connectivity index is 1.38. The van der Waals surface area contributed by atoms with Crippen LogP contribution in [-0.2, 0) is 19.5 Å². The molecule has 6 nitrogen and oxygen atoms in total. The van der Waals surface area contributed by atoms with Gasteiger partial charge in [0, 0.05) is 25.1 Å². The minimum Gasteiger partial charge on any atom is -0.382 e. The number of nitrogens with one attached hydrogen (secondary N) is 1. The number of anilines is 1. The second kappa shape index (κ2) is 10.0. The molecule has 1 amide bonds. The summed E-state index contributed by atoms with van der Waals surface area (Å²) in [5.74, 6) is -0.915. The Morgan fingerprint density at radius 1 is 0.909 bits per heavy atom. The molecule has 0 aliphatic carbocycles. The number of nitrogens with zero attached hydrogens (tertiary/aromatic N) is 2. The lowest BCUT2D eigenvalue weighted by atomic mass is 10.0. The molecular weight excluding hydrogens is 417 g/mol. The summed E-state index contributed by atoms with van der Waals surface area (Å²) in [7, 11) is 0. The second-order valence-electron chi connectivity index (χ2n) is 7.73. The van der Waals surface area contributed by atoms with Crippen LogP contribution in [0.1, 0.15) is 32.9 Å². The maximum Gasteiger partial charge on any atom is 0.271 e. The van der Waals surface area contributed by atoms with Crippen molar-refractivity contribution >= 4 is 11.7 Å². The standard InChI is InChI=1S/C26H24FN5O/c27-23-13-20(19-7-2-1-3-8-19)9-10-21(23)15-30-14-18-6-4-5-17(11-18)12-22-16-31-25(28)24(32-22)26(29)33/h1-11,13,16,30H,12,14-15H2,(H2,28,31)(H2,29,33). The SMILES string of the molecule is NC(=O)c1nc(Cc2cccc(CNCc3ccc(-c4ccccc4)cc3F)c2)cnc1N. The molecule has 0 bridgehead atoms. The first-order chi connectivity index (χ1) is 16.0. The first-order valence-corrected chi connectivity index (χ1v) is 10.5. The molecule has 5 N–H and O–H groups in total. The monoisotopic (exact) mass is 441 g/mol. The topological polar surface area (TPSA) is 107 Å². The van der Waals surface area contributed by atoms with Crippen molar-refractivity contribution < 1.29 is 9.18 Å². The van der Waals surface area contributed by atoms with Crippen molar-refractivity contribution in [2.45, 2.75) is 19.5 Å². The van der Waals surface area contributed by atoms with Crippen molar-refractivity contribution in [2.75, 3.05) is 5.73 Å². The first-order valence-electron chi connectivity index (χ1n) is 10.5. The largest absolute Gasteiger partial charge is 0.382 e. The van der Waals surface area contributed by atoms with Gasteiger partial charge in [-0.05, 0) is 28.3 Å². The second-order valence-corrected chi connectivity index (χ2v) is 7.73. The van der Waals surface area contributed by atoms with Gasteiger partial charge in [0.1, 0.15) is 5.82 Å². The Kier molecular flexibility index (Phi) is 6.71. The lowest BCUT2D eigenvalue weighted by Gasteiger charge is -2.10. The van der Waals surface area contributed by atoms with E-state index in [4.69, 9.17) is 11.5 Å². The number of nitrogens with two attached hydrogens (primary N) is 2. The number of nitrogen functional groups attached to an aromatic ring is 1. The van der Waals surface area contributed by atoms with Gasteiger partial charge < -0.3 is 16.8 Å². The van der Waals surface area contributed by atoms with Gasteiger partial charge in [-0.1, -0.05) is 66.7 Å². The van der Waals surface area contributed by atoms with Crippen LogP contribution in [0.15, 0.2) is 79.0 Å². The van der Waals surface area contributed by atoms with Gasteiger partial charge in [0.25, 0.3) is 5.91 Å². The zero-order valence-corrected chi connectivity index (χ0v) is 18.0. The van der Waals surface area contributed by atoms with Crippen LogP contribution in [0.25, 0.3) is 11.1 Å². The van der Waals surface area contributed by atoms with Crippen LogP contribution in [0.2, 0.25) is 0 Å². The van der Waals surface area contributed by atoms with Crippen molar-refractivity contribution in [2.24, 2.45) is 5.73 Å². The highest BCUT2D eigenvalue weighted by atomic mass is 19.1. The number of hydrogen-bond donors (Lipinski definition) is 3. The molecule has 0 fully saturated rings. The number of amides is 1. The smallest absolute Gasteiger partial charge is 0.271 e. The van der Waals surface area contributed by atoms with Gasteiger partial charge in [0.15, 0.2) is 11.5 Å². The van der Waals surface area contributed by atoms with Crippen molar-refractivity contribution in [1.82, 2.24) is 15.3 Å². The quantitative estimate of drug-likeness (QED) is 0.385. The van der Waals surface area contributed by atoms with Crippen LogP contribution < -0.4 is 16.8 Å². The molecule has 3 aromatic carbocycles. The number of benzene rings is 3. The van der Waals surface area contributed by atoms with Crippen molar-refractivity contribution in [3.8, 4) is 11.1 Å². The molecule has 0 radical (unpaired) electrons. The number of carbonyl (C=O) groups excluding carboxylic acids is 1. The number of carbonyl (C=O) groups is 1. The van der Waals surface area contributed by atoms with Crippen LogP contribution in [0, 0.1) is 5.82 Å². The van der Waals surface area contributed by atoms with E-state index in [1.54, 1.807) is 6.07 Å². The van der Waals surface area contributed by atoms with E-state index in [-0.39, 0.29) is 17.3 Å². The first kappa shape index (κ1) is 22.1. The van der Waals surface area contributed by atoms with Gasteiger partial charge in [-0.25, -0.2) is 14.4 Å².